The Labute approximate surface area is 93.0 Å². The molecule has 0 aliphatic heterocycles. The van der Waals surface area contributed by atoms with Crippen LogP contribution in [0.5, 0.6) is 0 Å². The maximum Gasteiger partial charge on any atom is -0.0353 e. The van der Waals surface area contributed by atoms with Gasteiger partial charge in [-0.25, -0.2) is 0 Å². The first-order chi connectivity index (χ1) is 6.91. The summed E-state index contributed by atoms with van der Waals surface area (Å²) in [6.45, 7) is 4.58. The first-order valence-corrected chi connectivity index (χ1v) is 8.04. The lowest BCUT2D eigenvalue weighted by Crippen LogP contribution is -1.83. The van der Waals surface area contributed by atoms with Gasteiger partial charge in [0.1, 0.15) is 0 Å². The van der Waals surface area contributed by atoms with Crippen LogP contribution in [0.4, 0.5) is 0 Å². The highest BCUT2D eigenvalue weighted by Gasteiger charge is 1.91. The Morgan fingerprint density at radius 3 is 1.71 bits per heavy atom. The van der Waals surface area contributed by atoms with E-state index >= 15 is 0 Å². The molecule has 14 heavy (non-hydrogen) atoms. The molecule has 0 aromatic rings. The van der Waals surface area contributed by atoms with Crippen LogP contribution in [0.15, 0.2) is 0 Å². The molecule has 0 nitrogen and oxygen atoms in total. The molecular weight excluding hydrogens is 187 g/mol. The second-order valence-corrected chi connectivity index (χ2v) is 5.72. The summed E-state index contributed by atoms with van der Waals surface area (Å²) in [5.41, 5.74) is 0. The van der Waals surface area contributed by atoms with Gasteiger partial charge in [-0.2, -0.15) is 0 Å². The zero-order valence-corrected chi connectivity index (χ0v) is 11.3. The summed E-state index contributed by atoms with van der Waals surface area (Å²) in [4.78, 5) is 0. The van der Waals surface area contributed by atoms with Crippen molar-refractivity contribution in [1.29, 1.82) is 0 Å². The average Bonchev–Trinajstić information content (AvgIpc) is 2.21. The van der Waals surface area contributed by atoms with Gasteiger partial charge in [-0.05, 0) is 25.2 Å². The van der Waals surface area contributed by atoms with Gasteiger partial charge in [0.15, 0.2) is 0 Å². The highest BCUT2D eigenvalue weighted by atomic mass is 31.1. The quantitative estimate of drug-likeness (QED) is 0.328. The molecule has 0 heterocycles. The molecule has 0 N–H and O–H groups in total. The van der Waals surface area contributed by atoms with E-state index in [1.54, 1.807) is 0 Å². The van der Waals surface area contributed by atoms with Crippen molar-refractivity contribution in [2.45, 2.75) is 71.6 Å². The molecule has 0 spiro atoms. The monoisotopic (exact) mass is 216 g/mol. The van der Waals surface area contributed by atoms with Gasteiger partial charge in [0, 0.05) is 0 Å². The van der Waals surface area contributed by atoms with E-state index in [-0.39, 0.29) is 0 Å². The van der Waals surface area contributed by atoms with Crippen LogP contribution >= 0.6 is 8.58 Å². The van der Waals surface area contributed by atoms with Gasteiger partial charge in [-0.15, -0.1) is 8.58 Å². The molecule has 0 saturated heterocycles. The Hall–Kier alpha value is 0.430. The lowest BCUT2D eigenvalue weighted by atomic mass is 10.1. The topological polar surface area (TPSA) is 0 Å². The smallest absolute Gasteiger partial charge is 0.0353 e. The van der Waals surface area contributed by atoms with Crippen LogP contribution in [0, 0.1) is 0 Å². The highest BCUT2D eigenvalue weighted by molar-refractivity contribution is 7.37. The molecule has 1 unspecified atom stereocenters. The van der Waals surface area contributed by atoms with Gasteiger partial charge in [0.2, 0.25) is 0 Å². The highest BCUT2D eigenvalue weighted by Crippen LogP contribution is 2.16. The van der Waals surface area contributed by atoms with Crippen LogP contribution in [0.2, 0.25) is 0 Å². The Morgan fingerprint density at radius 1 is 0.571 bits per heavy atom. The summed E-state index contributed by atoms with van der Waals surface area (Å²) < 4.78 is 0. The van der Waals surface area contributed by atoms with Crippen molar-refractivity contribution >= 4 is 8.58 Å². The second kappa shape index (κ2) is 13.4. The molecule has 0 rings (SSSR count). The molecule has 0 amide bonds. The minimum absolute atomic E-state index is 1.25. The zero-order chi connectivity index (χ0) is 10.5. The van der Waals surface area contributed by atoms with Crippen molar-refractivity contribution in [3.05, 3.63) is 0 Å². The lowest BCUT2D eigenvalue weighted by molar-refractivity contribution is 0.603. The van der Waals surface area contributed by atoms with Gasteiger partial charge in [-0.3, -0.25) is 0 Å². The minimum atomic E-state index is 1.25. The minimum Gasteiger partial charge on any atom is -0.122 e. The number of hydrogen-bond donors (Lipinski definition) is 0. The lowest BCUT2D eigenvalue weighted by Gasteiger charge is -2.01. The molecule has 0 aromatic carbocycles. The van der Waals surface area contributed by atoms with E-state index in [4.69, 9.17) is 0 Å². The van der Waals surface area contributed by atoms with Crippen molar-refractivity contribution in [3.8, 4) is 0 Å². The second-order valence-electron chi connectivity index (χ2n) is 4.22. The van der Waals surface area contributed by atoms with Crippen LogP contribution in [-0.4, -0.2) is 12.3 Å². The van der Waals surface area contributed by atoms with Crippen molar-refractivity contribution in [2.24, 2.45) is 0 Å². The third-order valence-electron chi connectivity index (χ3n) is 2.66. The fourth-order valence-corrected chi connectivity index (χ4v) is 2.99. The van der Waals surface area contributed by atoms with Crippen LogP contribution in [0.25, 0.3) is 0 Å². The molecule has 0 radical (unpaired) electrons. The molecule has 0 bridgehead atoms. The Kier molecular flexibility index (Phi) is 13.8. The molecule has 0 aliphatic carbocycles. The zero-order valence-electron chi connectivity index (χ0n) is 10.3. The summed E-state index contributed by atoms with van der Waals surface area (Å²) in [5, 5.41) is 0. The van der Waals surface area contributed by atoms with Crippen molar-refractivity contribution in [2.75, 3.05) is 12.3 Å². The van der Waals surface area contributed by atoms with Crippen molar-refractivity contribution in [1.82, 2.24) is 0 Å². The normalized spacial score (nSPS) is 11.6. The van der Waals surface area contributed by atoms with Gasteiger partial charge >= 0.3 is 0 Å². The predicted octanol–water partition coefficient (Wildman–Crippen LogP) is 5.22. The van der Waals surface area contributed by atoms with Crippen LogP contribution in [0.1, 0.15) is 71.6 Å². The van der Waals surface area contributed by atoms with E-state index < -0.39 is 0 Å². The number of rotatable bonds is 11. The van der Waals surface area contributed by atoms with Gasteiger partial charge < -0.3 is 0 Å². The van der Waals surface area contributed by atoms with Crippen LogP contribution in [-0.2, 0) is 0 Å². The molecule has 86 valence electrons. The van der Waals surface area contributed by atoms with E-state index in [0.717, 1.165) is 0 Å². The standard InChI is InChI=1S/C13H29P/c1-3-5-7-8-9-10-11-13-14-12-6-4-2/h14H,3-13H2,1-2H3. The summed E-state index contributed by atoms with van der Waals surface area (Å²) in [5.74, 6) is 0. The maximum atomic E-state index is 2.29. The summed E-state index contributed by atoms with van der Waals surface area (Å²) in [6.07, 6.45) is 16.1. The Morgan fingerprint density at radius 2 is 1.07 bits per heavy atom. The Balaban J connectivity index is 2.78. The fourth-order valence-electron chi connectivity index (χ4n) is 1.63. The third-order valence-corrected chi connectivity index (χ3v) is 4.08. The van der Waals surface area contributed by atoms with Gasteiger partial charge in [-0.1, -0.05) is 58.8 Å². The Bertz CT molecular complexity index is 79.2. The first kappa shape index (κ1) is 14.4. The fraction of sp³-hybridized carbons (Fsp3) is 1.00. The summed E-state index contributed by atoms with van der Waals surface area (Å²) >= 11 is 0. The average molecular weight is 216 g/mol. The molecule has 0 aromatic heterocycles. The van der Waals surface area contributed by atoms with Gasteiger partial charge in [0.05, 0.1) is 0 Å². The van der Waals surface area contributed by atoms with Crippen molar-refractivity contribution in [3.63, 3.8) is 0 Å². The van der Waals surface area contributed by atoms with Crippen LogP contribution in [0.3, 0.4) is 0 Å². The molecular formula is C13H29P. The van der Waals surface area contributed by atoms with E-state index in [9.17, 15) is 0 Å². The summed E-state index contributed by atoms with van der Waals surface area (Å²) in [7, 11) is 1.25. The third kappa shape index (κ3) is 12.4. The first-order valence-electron chi connectivity index (χ1n) is 6.62. The molecule has 1 atom stereocenters. The largest absolute Gasteiger partial charge is 0.122 e. The van der Waals surface area contributed by atoms with E-state index in [2.05, 4.69) is 13.8 Å². The maximum absolute atomic E-state index is 2.29. The van der Waals surface area contributed by atoms with Crippen molar-refractivity contribution < 1.29 is 0 Å². The predicted molar refractivity (Wildman–Crippen MR) is 71.0 cm³/mol. The van der Waals surface area contributed by atoms with E-state index in [0.29, 0.717) is 0 Å². The summed E-state index contributed by atoms with van der Waals surface area (Å²) in [6, 6.07) is 0. The van der Waals surface area contributed by atoms with E-state index in [1.165, 1.54) is 78.7 Å². The van der Waals surface area contributed by atoms with Crippen LogP contribution < -0.4 is 0 Å². The number of unbranched alkanes of at least 4 members (excludes halogenated alkanes) is 7. The molecule has 0 saturated carbocycles. The molecule has 1 heteroatoms. The SMILES string of the molecule is CCCCCCCCCPCCCC. The van der Waals surface area contributed by atoms with Gasteiger partial charge in [0.25, 0.3) is 0 Å². The molecule has 0 fully saturated rings. The number of hydrogen-bond acceptors (Lipinski definition) is 0. The van der Waals surface area contributed by atoms with E-state index in [1.807, 2.05) is 0 Å². The molecule has 0 aliphatic rings.